The second-order valence-corrected chi connectivity index (χ2v) is 7.64. The number of aryl methyl sites for hydroxylation is 1. The summed E-state index contributed by atoms with van der Waals surface area (Å²) in [5.74, 6) is 0.227. The number of carbonyl (C=O) groups is 2. The van der Waals surface area contributed by atoms with E-state index in [2.05, 4.69) is 21.2 Å². The molecular weight excluding hydrogens is 420 g/mol. The third kappa shape index (κ3) is 6.68. The zero-order valence-corrected chi connectivity index (χ0v) is 18.2. The molecule has 0 spiro atoms. The molecule has 0 aliphatic rings. The Hall–Kier alpha value is -2.34. The molecule has 150 valence electrons. The van der Waals surface area contributed by atoms with E-state index in [0.717, 1.165) is 22.0 Å². The van der Waals surface area contributed by atoms with E-state index in [4.69, 9.17) is 4.74 Å². The number of hydrogen-bond donors (Lipinski definition) is 1. The maximum absolute atomic E-state index is 12.9. The predicted molar refractivity (Wildman–Crippen MR) is 114 cm³/mol. The van der Waals surface area contributed by atoms with Crippen LogP contribution in [-0.4, -0.2) is 35.9 Å². The summed E-state index contributed by atoms with van der Waals surface area (Å²) in [5, 5.41) is 2.86. The molecule has 0 bridgehead atoms. The Labute approximate surface area is 175 Å². The Morgan fingerprint density at radius 3 is 2.54 bits per heavy atom. The molecule has 2 rings (SSSR count). The Balaban J connectivity index is 2.12. The molecule has 0 heterocycles. The van der Waals surface area contributed by atoms with Gasteiger partial charge in [-0.2, -0.15) is 0 Å². The summed E-state index contributed by atoms with van der Waals surface area (Å²) in [7, 11) is 0. The summed E-state index contributed by atoms with van der Waals surface area (Å²) < 4.78 is 6.57. The molecule has 0 saturated heterocycles. The van der Waals surface area contributed by atoms with Gasteiger partial charge in [-0.3, -0.25) is 9.59 Å². The van der Waals surface area contributed by atoms with E-state index < -0.39 is 6.04 Å². The number of benzene rings is 2. The highest BCUT2D eigenvalue weighted by Crippen LogP contribution is 2.16. The maximum atomic E-state index is 12.9. The zero-order valence-electron chi connectivity index (χ0n) is 16.6. The van der Waals surface area contributed by atoms with Crippen LogP contribution in [0.25, 0.3) is 0 Å². The first-order valence-electron chi connectivity index (χ1n) is 9.41. The molecule has 2 aromatic rings. The van der Waals surface area contributed by atoms with Gasteiger partial charge in [0.25, 0.3) is 5.91 Å². The predicted octanol–water partition coefficient (Wildman–Crippen LogP) is 4.08. The molecule has 0 saturated carbocycles. The van der Waals surface area contributed by atoms with Crippen molar-refractivity contribution in [3.63, 3.8) is 0 Å². The van der Waals surface area contributed by atoms with E-state index >= 15 is 0 Å². The molecule has 0 aromatic heterocycles. The van der Waals surface area contributed by atoms with Crippen LogP contribution >= 0.6 is 15.9 Å². The number of ether oxygens (including phenoxy) is 1. The lowest BCUT2D eigenvalue weighted by atomic mass is 10.1. The van der Waals surface area contributed by atoms with Gasteiger partial charge in [-0.15, -0.1) is 0 Å². The molecule has 0 unspecified atom stereocenters. The summed E-state index contributed by atoms with van der Waals surface area (Å²) in [4.78, 5) is 26.9. The molecule has 0 fully saturated rings. The summed E-state index contributed by atoms with van der Waals surface area (Å²) in [6, 6.07) is 14.6. The Morgan fingerprint density at radius 2 is 1.89 bits per heavy atom. The van der Waals surface area contributed by atoms with E-state index in [1.807, 2.05) is 62.4 Å². The second-order valence-electron chi connectivity index (χ2n) is 6.72. The van der Waals surface area contributed by atoms with Crippen molar-refractivity contribution in [2.24, 2.45) is 0 Å². The smallest absolute Gasteiger partial charge is 0.261 e. The minimum absolute atomic E-state index is 0.123. The number of nitrogens with zero attached hydrogens (tertiary/aromatic N) is 1. The van der Waals surface area contributed by atoms with Crippen LogP contribution in [0.5, 0.6) is 5.75 Å². The van der Waals surface area contributed by atoms with Crippen molar-refractivity contribution >= 4 is 27.7 Å². The standard InChI is InChI=1S/C22H27BrN2O3/c1-4-12-24-22(27)17(3)25(14-18-6-5-7-19(23)13-18)21(26)15-28-20-10-8-16(2)9-11-20/h5-11,13,17H,4,12,14-15H2,1-3H3,(H,24,27)/t17-/m0/s1. The van der Waals surface area contributed by atoms with Crippen molar-refractivity contribution in [3.05, 3.63) is 64.1 Å². The van der Waals surface area contributed by atoms with Crippen molar-refractivity contribution in [2.45, 2.75) is 39.8 Å². The van der Waals surface area contributed by atoms with E-state index in [-0.39, 0.29) is 18.4 Å². The van der Waals surface area contributed by atoms with Crippen molar-refractivity contribution in [1.29, 1.82) is 0 Å². The highest BCUT2D eigenvalue weighted by molar-refractivity contribution is 9.10. The minimum atomic E-state index is -0.598. The highest BCUT2D eigenvalue weighted by Gasteiger charge is 2.26. The molecule has 5 nitrogen and oxygen atoms in total. The number of amides is 2. The first kappa shape index (κ1) is 22.0. The lowest BCUT2D eigenvalue weighted by Crippen LogP contribution is -2.49. The molecule has 2 amide bonds. The van der Waals surface area contributed by atoms with Crippen molar-refractivity contribution < 1.29 is 14.3 Å². The average Bonchev–Trinajstić information content (AvgIpc) is 2.69. The Bertz CT molecular complexity index is 793. The number of carbonyl (C=O) groups excluding carboxylic acids is 2. The summed E-state index contributed by atoms with van der Waals surface area (Å²) in [6.45, 7) is 6.52. The highest BCUT2D eigenvalue weighted by atomic mass is 79.9. The quantitative estimate of drug-likeness (QED) is 0.630. The zero-order chi connectivity index (χ0) is 20.5. The molecule has 2 aromatic carbocycles. The van der Waals surface area contributed by atoms with Crippen LogP contribution in [0, 0.1) is 6.92 Å². The van der Waals surface area contributed by atoms with Gasteiger partial charge in [-0.25, -0.2) is 0 Å². The van der Waals surface area contributed by atoms with Gasteiger partial charge in [0.05, 0.1) is 0 Å². The number of halogens is 1. The van der Waals surface area contributed by atoms with Gasteiger partial charge in [-0.1, -0.05) is 52.7 Å². The van der Waals surface area contributed by atoms with Gasteiger partial charge >= 0.3 is 0 Å². The van der Waals surface area contributed by atoms with Crippen LogP contribution in [0.3, 0.4) is 0 Å². The first-order valence-corrected chi connectivity index (χ1v) is 10.2. The topological polar surface area (TPSA) is 58.6 Å². The van der Waals surface area contributed by atoms with Crippen LogP contribution in [-0.2, 0) is 16.1 Å². The Kier molecular flexibility index (Phi) is 8.51. The lowest BCUT2D eigenvalue weighted by Gasteiger charge is -2.28. The normalized spacial score (nSPS) is 11.6. The average molecular weight is 447 g/mol. The monoisotopic (exact) mass is 446 g/mol. The molecule has 1 atom stereocenters. The number of nitrogens with one attached hydrogen (secondary N) is 1. The molecule has 0 aliphatic carbocycles. The summed E-state index contributed by atoms with van der Waals surface area (Å²) in [5.41, 5.74) is 2.06. The fourth-order valence-electron chi connectivity index (χ4n) is 2.67. The maximum Gasteiger partial charge on any atom is 0.261 e. The second kappa shape index (κ2) is 10.9. The van der Waals surface area contributed by atoms with Crippen molar-refractivity contribution in [1.82, 2.24) is 10.2 Å². The van der Waals surface area contributed by atoms with E-state index in [0.29, 0.717) is 18.8 Å². The van der Waals surface area contributed by atoms with Gasteiger partial charge in [0.2, 0.25) is 5.91 Å². The van der Waals surface area contributed by atoms with Crippen LogP contribution in [0.4, 0.5) is 0 Å². The van der Waals surface area contributed by atoms with Gasteiger partial charge in [-0.05, 0) is 50.1 Å². The fraction of sp³-hybridized carbons (Fsp3) is 0.364. The van der Waals surface area contributed by atoms with Gasteiger partial charge in [0, 0.05) is 17.6 Å². The SMILES string of the molecule is CCCNC(=O)[C@H](C)N(Cc1cccc(Br)c1)C(=O)COc1ccc(C)cc1. The number of hydrogen-bond acceptors (Lipinski definition) is 3. The van der Waals surface area contributed by atoms with Crippen LogP contribution in [0.2, 0.25) is 0 Å². The minimum Gasteiger partial charge on any atom is -0.484 e. The van der Waals surface area contributed by atoms with Crippen LogP contribution in [0.1, 0.15) is 31.4 Å². The van der Waals surface area contributed by atoms with Gasteiger partial charge in [0.15, 0.2) is 6.61 Å². The van der Waals surface area contributed by atoms with Crippen molar-refractivity contribution in [2.75, 3.05) is 13.2 Å². The molecule has 28 heavy (non-hydrogen) atoms. The van der Waals surface area contributed by atoms with Crippen molar-refractivity contribution in [3.8, 4) is 5.75 Å². The lowest BCUT2D eigenvalue weighted by molar-refractivity contribution is -0.142. The summed E-state index contributed by atoms with van der Waals surface area (Å²) >= 11 is 3.45. The van der Waals surface area contributed by atoms with E-state index in [9.17, 15) is 9.59 Å². The van der Waals surface area contributed by atoms with Gasteiger partial charge in [0.1, 0.15) is 11.8 Å². The molecular formula is C22H27BrN2O3. The molecule has 6 heteroatoms. The number of rotatable bonds is 9. The Morgan fingerprint density at radius 1 is 1.18 bits per heavy atom. The van der Waals surface area contributed by atoms with Crippen LogP contribution < -0.4 is 10.1 Å². The first-order chi connectivity index (χ1) is 13.4. The molecule has 0 aliphatic heterocycles. The van der Waals surface area contributed by atoms with Crippen LogP contribution in [0.15, 0.2) is 53.0 Å². The fourth-order valence-corrected chi connectivity index (χ4v) is 3.12. The largest absolute Gasteiger partial charge is 0.484 e. The molecule has 0 radical (unpaired) electrons. The third-order valence-corrected chi connectivity index (χ3v) is 4.84. The molecule has 1 N–H and O–H groups in total. The third-order valence-electron chi connectivity index (χ3n) is 4.34. The van der Waals surface area contributed by atoms with E-state index in [1.165, 1.54) is 0 Å². The van der Waals surface area contributed by atoms with E-state index in [1.54, 1.807) is 11.8 Å². The van der Waals surface area contributed by atoms with Gasteiger partial charge < -0.3 is 15.0 Å². The summed E-state index contributed by atoms with van der Waals surface area (Å²) in [6.07, 6.45) is 0.842.